The van der Waals surface area contributed by atoms with Crippen LogP contribution < -0.4 is 10.1 Å². The number of aryl methyl sites for hydroxylation is 3. The number of aliphatic hydroxyl groups excluding tert-OH is 1. The number of carbonyl (C=O) groups excluding carboxylic acids is 1. The first-order chi connectivity index (χ1) is 16.3. The van der Waals surface area contributed by atoms with Crippen LogP contribution in [0.5, 0.6) is 5.75 Å². The summed E-state index contributed by atoms with van der Waals surface area (Å²) in [5.41, 5.74) is 3.99. The van der Waals surface area contributed by atoms with Crippen molar-refractivity contribution in [3.63, 3.8) is 0 Å². The summed E-state index contributed by atoms with van der Waals surface area (Å²) in [7, 11) is 0. The maximum atomic E-state index is 12.6. The second-order valence-corrected chi connectivity index (χ2v) is 10.5. The molecule has 0 radical (unpaired) electrons. The summed E-state index contributed by atoms with van der Waals surface area (Å²) in [5, 5.41) is 14.7. The SMILES string of the molecule is Cc1nc2cc(OC[C@H](O)CN3CCN(CC(=O)Nc4c(C)cccc4C)C[C@@H]3C)ccc2s1. The van der Waals surface area contributed by atoms with Crippen molar-refractivity contribution < 1.29 is 14.6 Å². The van der Waals surface area contributed by atoms with Crippen LogP contribution in [-0.2, 0) is 4.79 Å². The molecule has 34 heavy (non-hydrogen) atoms. The quantitative estimate of drug-likeness (QED) is 0.511. The van der Waals surface area contributed by atoms with E-state index in [4.69, 9.17) is 4.74 Å². The van der Waals surface area contributed by atoms with Gasteiger partial charge in [0.1, 0.15) is 18.5 Å². The Morgan fingerprint density at radius 3 is 2.74 bits per heavy atom. The number of para-hydroxylation sites is 1. The summed E-state index contributed by atoms with van der Waals surface area (Å²) in [6.07, 6.45) is -0.589. The summed E-state index contributed by atoms with van der Waals surface area (Å²) >= 11 is 1.66. The molecule has 2 aromatic carbocycles. The first kappa shape index (κ1) is 24.6. The number of rotatable bonds is 8. The number of carbonyl (C=O) groups is 1. The van der Waals surface area contributed by atoms with Crippen LogP contribution in [0.2, 0.25) is 0 Å². The number of aliphatic hydroxyl groups is 1. The van der Waals surface area contributed by atoms with Crippen molar-refractivity contribution in [3.8, 4) is 5.75 Å². The van der Waals surface area contributed by atoms with Gasteiger partial charge in [0.05, 0.1) is 21.8 Å². The van der Waals surface area contributed by atoms with E-state index in [-0.39, 0.29) is 18.6 Å². The third kappa shape index (κ3) is 6.13. The lowest BCUT2D eigenvalue weighted by Gasteiger charge is -2.40. The molecule has 0 unspecified atom stereocenters. The fourth-order valence-electron chi connectivity index (χ4n) is 4.51. The van der Waals surface area contributed by atoms with Crippen LogP contribution >= 0.6 is 11.3 Å². The van der Waals surface area contributed by atoms with Gasteiger partial charge in [-0.1, -0.05) is 18.2 Å². The Morgan fingerprint density at radius 2 is 2.00 bits per heavy atom. The monoisotopic (exact) mass is 482 g/mol. The maximum absolute atomic E-state index is 12.6. The van der Waals surface area contributed by atoms with E-state index in [1.807, 2.05) is 57.2 Å². The number of benzene rings is 2. The number of hydrogen-bond donors (Lipinski definition) is 2. The van der Waals surface area contributed by atoms with E-state index in [2.05, 4.69) is 27.0 Å². The summed E-state index contributed by atoms with van der Waals surface area (Å²) in [6, 6.07) is 12.1. The van der Waals surface area contributed by atoms with E-state index in [1.165, 1.54) is 0 Å². The van der Waals surface area contributed by atoms with Crippen molar-refractivity contribution in [2.24, 2.45) is 0 Å². The Bertz CT molecular complexity index is 1130. The highest BCUT2D eigenvalue weighted by molar-refractivity contribution is 7.18. The number of hydrogen-bond acceptors (Lipinski definition) is 7. The molecule has 2 heterocycles. The zero-order chi connectivity index (χ0) is 24.2. The minimum atomic E-state index is -0.589. The molecule has 1 fully saturated rings. The molecular formula is C26H34N4O3S. The van der Waals surface area contributed by atoms with Crippen LogP contribution in [0.1, 0.15) is 23.1 Å². The number of piperazine rings is 1. The van der Waals surface area contributed by atoms with E-state index in [9.17, 15) is 9.90 Å². The molecule has 4 rings (SSSR count). The second kappa shape index (κ2) is 10.8. The van der Waals surface area contributed by atoms with Crippen molar-refractivity contribution in [1.29, 1.82) is 0 Å². The van der Waals surface area contributed by atoms with Gasteiger partial charge in [-0.3, -0.25) is 14.6 Å². The van der Waals surface area contributed by atoms with Crippen molar-refractivity contribution in [2.45, 2.75) is 39.8 Å². The molecule has 2 N–H and O–H groups in total. The Hall–Kier alpha value is -2.52. The summed E-state index contributed by atoms with van der Waals surface area (Å²) < 4.78 is 6.97. The van der Waals surface area contributed by atoms with Gasteiger partial charge in [-0.15, -0.1) is 11.3 Å². The molecule has 7 nitrogen and oxygen atoms in total. The fraction of sp³-hybridized carbons (Fsp3) is 0.462. The minimum Gasteiger partial charge on any atom is -0.491 e. The van der Waals surface area contributed by atoms with Gasteiger partial charge in [0.15, 0.2) is 0 Å². The summed E-state index contributed by atoms with van der Waals surface area (Å²) in [5.74, 6) is 0.739. The number of anilines is 1. The maximum Gasteiger partial charge on any atom is 0.238 e. The summed E-state index contributed by atoms with van der Waals surface area (Å²) in [6.45, 7) is 11.7. The molecule has 182 valence electrons. The Balaban J connectivity index is 1.22. The number of ether oxygens (including phenoxy) is 1. The van der Waals surface area contributed by atoms with Gasteiger partial charge in [0.2, 0.25) is 5.91 Å². The smallest absolute Gasteiger partial charge is 0.238 e. The van der Waals surface area contributed by atoms with E-state index >= 15 is 0 Å². The number of β-amino-alcohol motifs (C(OH)–C–C–N with tert-alkyl or cyclic N) is 1. The molecule has 2 atom stereocenters. The van der Waals surface area contributed by atoms with Gasteiger partial charge < -0.3 is 15.2 Å². The first-order valence-electron chi connectivity index (χ1n) is 11.8. The van der Waals surface area contributed by atoms with Crippen LogP contribution in [0, 0.1) is 20.8 Å². The number of amides is 1. The van der Waals surface area contributed by atoms with Crippen molar-refractivity contribution in [3.05, 3.63) is 52.5 Å². The highest BCUT2D eigenvalue weighted by Gasteiger charge is 2.26. The van der Waals surface area contributed by atoms with Gasteiger partial charge in [-0.05, 0) is 51.0 Å². The number of aromatic nitrogens is 1. The number of nitrogens with zero attached hydrogens (tertiary/aromatic N) is 3. The van der Waals surface area contributed by atoms with Crippen LogP contribution in [0.25, 0.3) is 10.2 Å². The van der Waals surface area contributed by atoms with Gasteiger partial charge in [-0.25, -0.2) is 4.98 Å². The zero-order valence-corrected chi connectivity index (χ0v) is 21.2. The lowest BCUT2D eigenvalue weighted by Crippen LogP contribution is -2.55. The third-order valence-corrected chi connectivity index (χ3v) is 7.27. The molecule has 1 aliphatic heterocycles. The Morgan fingerprint density at radius 1 is 1.24 bits per heavy atom. The van der Waals surface area contributed by atoms with Crippen molar-refractivity contribution >= 4 is 33.1 Å². The first-order valence-corrected chi connectivity index (χ1v) is 12.6. The molecule has 1 aromatic heterocycles. The minimum absolute atomic E-state index is 0.0127. The molecule has 8 heteroatoms. The predicted octanol–water partition coefficient (Wildman–Crippen LogP) is 3.61. The lowest BCUT2D eigenvalue weighted by atomic mass is 10.1. The van der Waals surface area contributed by atoms with E-state index in [0.717, 1.165) is 57.4 Å². The van der Waals surface area contributed by atoms with Gasteiger partial charge in [-0.2, -0.15) is 0 Å². The molecule has 1 saturated heterocycles. The molecular weight excluding hydrogens is 448 g/mol. The zero-order valence-electron chi connectivity index (χ0n) is 20.4. The van der Waals surface area contributed by atoms with Crippen molar-refractivity contribution in [1.82, 2.24) is 14.8 Å². The van der Waals surface area contributed by atoms with Crippen LogP contribution in [0.4, 0.5) is 5.69 Å². The second-order valence-electron chi connectivity index (χ2n) is 9.22. The highest BCUT2D eigenvalue weighted by atomic mass is 32.1. The predicted molar refractivity (Wildman–Crippen MR) is 138 cm³/mol. The topological polar surface area (TPSA) is 77.9 Å². The van der Waals surface area contributed by atoms with Crippen LogP contribution in [-0.4, -0.2) is 77.3 Å². The fourth-order valence-corrected chi connectivity index (χ4v) is 5.31. The molecule has 0 aliphatic carbocycles. The highest BCUT2D eigenvalue weighted by Crippen LogP contribution is 2.25. The van der Waals surface area contributed by atoms with E-state index in [0.29, 0.717) is 13.1 Å². The molecule has 1 amide bonds. The average molecular weight is 483 g/mol. The standard InChI is InChI=1S/C26H34N4O3S/c1-17-6-5-7-18(2)26(17)28-25(32)15-29-10-11-30(19(3)13-29)14-21(31)16-33-22-8-9-24-23(12-22)27-20(4)34-24/h5-9,12,19,21,31H,10-11,13-16H2,1-4H3,(H,28,32)/t19-,21+/m0/s1. The average Bonchev–Trinajstić information content (AvgIpc) is 3.16. The number of nitrogens with one attached hydrogen (secondary N) is 1. The van der Waals surface area contributed by atoms with Gasteiger partial charge in [0.25, 0.3) is 0 Å². The number of thiazole rings is 1. The molecule has 1 aliphatic rings. The third-order valence-electron chi connectivity index (χ3n) is 6.32. The molecule has 0 spiro atoms. The molecule has 0 saturated carbocycles. The summed E-state index contributed by atoms with van der Waals surface area (Å²) in [4.78, 5) is 21.6. The largest absolute Gasteiger partial charge is 0.491 e. The van der Waals surface area contributed by atoms with E-state index < -0.39 is 6.10 Å². The Kier molecular flexibility index (Phi) is 7.83. The Labute approximate surface area is 205 Å². The van der Waals surface area contributed by atoms with Gasteiger partial charge in [0, 0.05) is 44.0 Å². The van der Waals surface area contributed by atoms with E-state index in [1.54, 1.807) is 11.3 Å². The van der Waals surface area contributed by atoms with Crippen LogP contribution in [0.15, 0.2) is 36.4 Å². The van der Waals surface area contributed by atoms with Gasteiger partial charge >= 0.3 is 0 Å². The number of fused-ring (bicyclic) bond motifs is 1. The van der Waals surface area contributed by atoms with Crippen molar-refractivity contribution in [2.75, 3.05) is 44.6 Å². The normalized spacial score (nSPS) is 18.2. The lowest BCUT2D eigenvalue weighted by molar-refractivity contribution is -0.118. The molecule has 3 aromatic rings. The molecule has 0 bridgehead atoms. The van der Waals surface area contributed by atoms with Crippen LogP contribution in [0.3, 0.4) is 0 Å².